The lowest BCUT2D eigenvalue weighted by molar-refractivity contribution is 0.0679. The highest BCUT2D eigenvalue weighted by Crippen LogP contribution is 2.38. The van der Waals surface area contributed by atoms with Gasteiger partial charge in [-0.1, -0.05) is 84.9 Å². The summed E-state index contributed by atoms with van der Waals surface area (Å²) in [4.78, 5) is 28.8. The van der Waals surface area contributed by atoms with Crippen LogP contribution in [0, 0.1) is 5.82 Å². The second-order valence-corrected chi connectivity index (χ2v) is 9.67. The molecule has 0 aliphatic carbocycles. The summed E-state index contributed by atoms with van der Waals surface area (Å²) in [5.74, 6) is -0.643. The topological polar surface area (TPSA) is 64.0 Å². The van der Waals surface area contributed by atoms with Gasteiger partial charge in [0.25, 0.3) is 5.91 Å². The molecule has 1 aromatic heterocycles. The maximum atomic E-state index is 15.2. The standard InChI is InChI=1S/C32H28FN3O4/c33-26-16-10-15-25-28(24-13-6-2-7-14-24)36-22-34(18-8-3-9-20-39-30(25)26)32(38)29-31(27(37)17-19-35(29)36)40-21-23-11-4-1-5-12-23/h1-7,9-17,19,28H,8,18,20-22H2/t28-/m1/s1. The van der Waals surface area contributed by atoms with Crippen LogP contribution in [0.5, 0.6) is 11.5 Å². The highest BCUT2D eigenvalue weighted by atomic mass is 19.1. The third-order valence-electron chi connectivity index (χ3n) is 7.10. The van der Waals surface area contributed by atoms with E-state index in [1.54, 1.807) is 21.8 Å². The highest BCUT2D eigenvalue weighted by molar-refractivity contribution is 5.96. The van der Waals surface area contributed by atoms with Gasteiger partial charge < -0.3 is 14.4 Å². The molecule has 4 aromatic rings. The van der Waals surface area contributed by atoms with E-state index in [-0.39, 0.29) is 48.4 Å². The second kappa shape index (κ2) is 11.1. The van der Waals surface area contributed by atoms with Gasteiger partial charge in [0.2, 0.25) is 5.43 Å². The van der Waals surface area contributed by atoms with Crippen LogP contribution >= 0.6 is 0 Å². The van der Waals surface area contributed by atoms with Crippen LogP contribution in [-0.2, 0) is 6.61 Å². The third-order valence-corrected chi connectivity index (χ3v) is 7.10. The van der Waals surface area contributed by atoms with Crippen LogP contribution in [0.4, 0.5) is 4.39 Å². The summed E-state index contributed by atoms with van der Waals surface area (Å²) in [6.45, 7) is 0.956. The third kappa shape index (κ3) is 4.84. The van der Waals surface area contributed by atoms with Gasteiger partial charge in [0.05, 0.1) is 0 Å². The van der Waals surface area contributed by atoms with E-state index in [0.29, 0.717) is 18.5 Å². The molecule has 2 aliphatic rings. The summed E-state index contributed by atoms with van der Waals surface area (Å²) >= 11 is 0. The SMILES string of the molecule is O=C1c2c(OCc3ccccc3)c(=O)ccn2N2CN1CCC=CCOc1c(F)cccc1[C@H]2c1ccccc1. The van der Waals surface area contributed by atoms with Crippen LogP contribution in [-0.4, -0.2) is 35.3 Å². The number of amides is 1. The van der Waals surface area contributed by atoms with Gasteiger partial charge in [-0.05, 0) is 23.6 Å². The van der Waals surface area contributed by atoms with Crippen molar-refractivity contribution in [2.24, 2.45) is 0 Å². The Morgan fingerprint density at radius 2 is 1.68 bits per heavy atom. The van der Waals surface area contributed by atoms with Crippen LogP contribution in [0.25, 0.3) is 0 Å². The van der Waals surface area contributed by atoms with E-state index in [4.69, 9.17) is 9.47 Å². The molecule has 40 heavy (non-hydrogen) atoms. The molecule has 3 aromatic carbocycles. The number of carbonyl (C=O) groups is 1. The Bertz CT molecular complexity index is 1600. The minimum atomic E-state index is -0.547. The molecular weight excluding hydrogens is 509 g/mol. The quantitative estimate of drug-likeness (QED) is 0.341. The van der Waals surface area contributed by atoms with Crippen LogP contribution in [0.2, 0.25) is 0 Å². The van der Waals surface area contributed by atoms with Crippen molar-refractivity contribution in [2.45, 2.75) is 19.1 Å². The summed E-state index contributed by atoms with van der Waals surface area (Å²) in [6.07, 6.45) is 5.90. The summed E-state index contributed by atoms with van der Waals surface area (Å²) in [5, 5.41) is 1.95. The molecule has 0 spiro atoms. The number of nitrogens with zero attached hydrogens (tertiary/aromatic N) is 3. The Morgan fingerprint density at radius 1 is 0.900 bits per heavy atom. The fourth-order valence-electron chi connectivity index (χ4n) is 5.21. The first kappa shape index (κ1) is 25.4. The average molecular weight is 538 g/mol. The zero-order valence-electron chi connectivity index (χ0n) is 21.8. The molecule has 6 rings (SSSR count). The molecule has 7 nitrogen and oxygen atoms in total. The number of aromatic nitrogens is 1. The first-order valence-electron chi connectivity index (χ1n) is 13.2. The smallest absolute Gasteiger partial charge is 0.277 e. The molecule has 0 fully saturated rings. The van der Waals surface area contributed by atoms with Crippen LogP contribution in [0.15, 0.2) is 108 Å². The normalized spacial score (nSPS) is 16.7. The number of fused-ring (bicyclic) bond motifs is 5. The number of rotatable bonds is 4. The van der Waals surface area contributed by atoms with Crippen molar-refractivity contribution < 1.29 is 18.7 Å². The van der Waals surface area contributed by atoms with Crippen molar-refractivity contribution >= 4 is 5.91 Å². The van der Waals surface area contributed by atoms with Crippen molar-refractivity contribution in [1.82, 2.24) is 9.58 Å². The number of hydrogen-bond donors (Lipinski definition) is 0. The maximum Gasteiger partial charge on any atom is 0.277 e. The Morgan fingerprint density at radius 3 is 2.48 bits per heavy atom. The van der Waals surface area contributed by atoms with E-state index < -0.39 is 11.9 Å². The van der Waals surface area contributed by atoms with E-state index in [2.05, 4.69) is 0 Å². The van der Waals surface area contributed by atoms with Gasteiger partial charge >= 0.3 is 0 Å². The highest BCUT2D eigenvalue weighted by Gasteiger charge is 2.38. The fourth-order valence-corrected chi connectivity index (χ4v) is 5.21. The lowest BCUT2D eigenvalue weighted by Crippen LogP contribution is -2.55. The van der Waals surface area contributed by atoms with Crippen LogP contribution in [0.1, 0.15) is 39.6 Å². The van der Waals surface area contributed by atoms with E-state index in [9.17, 15) is 9.59 Å². The maximum absolute atomic E-state index is 15.2. The van der Waals surface area contributed by atoms with E-state index >= 15 is 4.39 Å². The number of carbonyl (C=O) groups excluding carboxylic acids is 1. The summed E-state index contributed by atoms with van der Waals surface area (Å²) in [5.41, 5.74) is 2.10. The zero-order chi connectivity index (χ0) is 27.5. The number of halogens is 1. The number of pyridine rings is 1. The van der Waals surface area contributed by atoms with Crippen molar-refractivity contribution in [3.8, 4) is 11.5 Å². The minimum absolute atomic E-state index is 0.0174. The Hall–Kier alpha value is -4.85. The molecule has 1 amide bonds. The number of para-hydroxylation sites is 1. The molecule has 202 valence electrons. The molecule has 0 saturated carbocycles. The van der Waals surface area contributed by atoms with Gasteiger partial charge in [-0.3, -0.25) is 19.3 Å². The largest absolute Gasteiger partial charge is 0.486 e. The molecule has 0 unspecified atom stereocenters. The molecule has 0 saturated heterocycles. The number of ether oxygens (including phenoxy) is 2. The van der Waals surface area contributed by atoms with Crippen molar-refractivity contribution in [3.63, 3.8) is 0 Å². The van der Waals surface area contributed by atoms with Gasteiger partial charge in [-0.15, -0.1) is 0 Å². The second-order valence-electron chi connectivity index (χ2n) is 9.67. The molecule has 2 bridgehead atoms. The average Bonchev–Trinajstić information content (AvgIpc) is 2.97. The first-order chi connectivity index (χ1) is 19.6. The van der Waals surface area contributed by atoms with Crippen molar-refractivity contribution in [2.75, 3.05) is 24.8 Å². The molecule has 0 radical (unpaired) electrons. The fraction of sp³-hybridized carbons (Fsp3) is 0.188. The zero-order valence-corrected chi connectivity index (χ0v) is 21.8. The van der Waals surface area contributed by atoms with E-state index in [1.165, 1.54) is 12.1 Å². The summed E-state index contributed by atoms with van der Waals surface area (Å²) in [6, 6.07) is 24.9. The lowest BCUT2D eigenvalue weighted by Gasteiger charge is -2.44. The van der Waals surface area contributed by atoms with E-state index in [1.807, 2.05) is 83.9 Å². The predicted octanol–water partition coefficient (Wildman–Crippen LogP) is 5.05. The summed E-state index contributed by atoms with van der Waals surface area (Å²) < 4.78 is 28.9. The lowest BCUT2D eigenvalue weighted by atomic mass is 9.96. The van der Waals surface area contributed by atoms with Crippen molar-refractivity contribution in [3.05, 3.63) is 142 Å². The van der Waals surface area contributed by atoms with Gasteiger partial charge in [0, 0.05) is 24.4 Å². The van der Waals surface area contributed by atoms with Crippen molar-refractivity contribution in [1.29, 1.82) is 0 Å². The molecular formula is C32H28FN3O4. The Balaban J connectivity index is 1.55. The van der Waals surface area contributed by atoms with E-state index in [0.717, 1.165) is 11.1 Å². The van der Waals surface area contributed by atoms with Crippen LogP contribution in [0.3, 0.4) is 0 Å². The first-order valence-corrected chi connectivity index (χ1v) is 13.2. The number of hydrogen-bond acceptors (Lipinski definition) is 5. The van der Waals surface area contributed by atoms with Gasteiger partial charge in [0.15, 0.2) is 23.0 Å². The van der Waals surface area contributed by atoms with Gasteiger partial charge in [-0.25, -0.2) is 4.39 Å². The molecule has 1 atom stereocenters. The molecule has 8 heteroatoms. The Labute approximate surface area is 231 Å². The minimum Gasteiger partial charge on any atom is -0.486 e. The monoisotopic (exact) mass is 537 g/mol. The molecule has 3 heterocycles. The predicted molar refractivity (Wildman–Crippen MR) is 150 cm³/mol. The van der Waals surface area contributed by atoms with Crippen LogP contribution < -0.4 is 19.9 Å². The molecule has 0 N–H and O–H groups in total. The summed E-state index contributed by atoms with van der Waals surface area (Å²) in [7, 11) is 0. The van der Waals surface area contributed by atoms with Gasteiger partial charge in [-0.2, -0.15) is 0 Å². The number of benzene rings is 3. The Kier molecular flexibility index (Phi) is 7.06. The van der Waals surface area contributed by atoms with Gasteiger partial charge in [0.1, 0.15) is 25.9 Å². The molecule has 2 aliphatic heterocycles.